The number of aromatic nitrogens is 2. The van der Waals surface area contributed by atoms with Crippen LogP contribution >= 0.6 is 12.2 Å². The summed E-state index contributed by atoms with van der Waals surface area (Å²) in [5.74, 6) is 1.19. The second-order valence-electron chi connectivity index (χ2n) is 5.36. The van der Waals surface area contributed by atoms with Gasteiger partial charge in [-0.2, -0.15) is 0 Å². The molecule has 2 unspecified atom stereocenters. The van der Waals surface area contributed by atoms with E-state index in [0.29, 0.717) is 28.6 Å². The van der Waals surface area contributed by atoms with Gasteiger partial charge in [-0.15, -0.1) is 0 Å². The highest BCUT2D eigenvalue weighted by Gasteiger charge is 2.24. The molecule has 5 nitrogen and oxygen atoms in total. The van der Waals surface area contributed by atoms with Crippen molar-refractivity contribution in [2.45, 2.75) is 26.3 Å². The SMILES string of the molecule is Cc1cc(C(N)=S)nc(NC2CCN(C)CC2C)n1. The lowest BCUT2D eigenvalue weighted by Crippen LogP contribution is -2.43. The maximum Gasteiger partial charge on any atom is 0.223 e. The lowest BCUT2D eigenvalue weighted by molar-refractivity contribution is 0.206. The van der Waals surface area contributed by atoms with Crippen LogP contribution in [0.2, 0.25) is 0 Å². The molecule has 2 rings (SSSR count). The molecule has 0 bridgehead atoms. The molecule has 19 heavy (non-hydrogen) atoms. The molecule has 0 amide bonds. The molecule has 1 aliphatic heterocycles. The average molecular weight is 279 g/mol. The zero-order valence-corrected chi connectivity index (χ0v) is 12.5. The van der Waals surface area contributed by atoms with E-state index in [2.05, 4.69) is 34.2 Å². The van der Waals surface area contributed by atoms with Crippen LogP contribution in [-0.4, -0.2) is 46.0 Å². The number of thiocarbonyl (C=S) groups is 1. The lowest BCUT2D eigenvalue weighted by atomic mass is 9.94. The normalized spacial score (nSPS) is 24.2. The van der Waals surface area contributed by atoms with Gasteiger partial charge in [0.2, 0.25) is 5.95 Å². The van der Waals surface area contributed by atoms with Gasteiger partial charge in [-0.3, -0.25) is 0 Å². The highest BCUT2D eigenvalue weighted by Crippen LogP contribution is 2.19. The molecule has 104 valence electrons. The van der Waals surface area contributed by atoms with E-state index in [4.69, 9.17) is 18.0 Å². The molecule has 1 aliphatic rings. The smallest absolute Gasteiger partial charge is 0.223 e. The summed E-state index contributed by atoms with van der Waals surface area (Å²) in [4.78, 5) is 11.4. The van der Waals surface area contributed by atoms with E-state index in [1.165, 1.54) is 0 Å². The first kappa shape index (κ1) is 14.1. The van der Waals surface area contributed by atoms with Crippen molar-refractivity contribution in [2.24, 2.45) is 11.7 Å². The average Bonchev–Trinajstić information content (AvgIpc) is 2.32. The first-order valence-corrected chi connectivity index (χ1v) is 6.97. The van der Waals surface area contributed by atoms with Gasteiger partial charge in [0.05, 0.1) is 0 Å². The van der Waals surface area contributed by atoms with E-state index in [1.54, 1.807) is 0 Å². The van der Waals surface area contributed by atoms with E-state index in [1.807, 2.05) is 13.0 Å². The molecule has 0 aromatic carbocycles. The van der Waals surface area contributed by atoms with Crippen LogP contribution in [0, 0.1) is 12.8 Å². The highest BCUT2D eigenvalue weighted by atomic mass is 32.1. The Morgan fingerprint density at radius 1 is 1.53 bits per heavy atom. The van der Waals surface area contributed by atoms with Crippen LogP contribution in [0.3, 0.4) is 0 Å². The summed E-state index contributed by atoms with van der Waals surface area (Å²) in [6, 6.07) is 2.21. The first-order valence-electron chi connectivity index (χ1n) is 6.56. The van der Waals surface area contributed by atoms with Crippen LogP contribution in [-0.2, 0) is 0 Å². The van der Waals surface area contributed by atoms with Crippen LogP contribution in [0.15, 0.2) is 6.07 Å². The molecule has 3 N–H and O–H groups in total. The molecule has 2 atom stereocenters. The molecule has 1 aromatic heterocycles. The van der Waals surface area contributed by atoms with Gasteiger partial charge in [0, 0.05) is 18.3 Å². The van der Waals surface area contributed by atoms with Crippen LogP contribution in [0.1, 0.15) is 24.7 Å². The predicted octanol–water partition coefficient (Wildman–Crippen LogP) is 1.17. The van der Waals surface area contributed by atoms with Crippen molar-refractivity contribution in [1.29, 1.82) is 0 Å². The monoisotopic (exact) mass is 279 g/mol. The second kappa shape index (κ2) is 5.79. The number of anilines is 1. The number of nitrogens with zero attached hydrogens (tertiary/aromatic N) is 3. The third-order valence-corrected chi connectivity index (χ3v) is 3.74. The number of hydrogen-bond acceptors (Lipinski definition) is 5. The Morgan fingerprint density at radius 3 is 2.89 bits per heavy atom. The molecule has 6 heteroatoms. The number of nitrogens with one attached hydrogen (secondary N) is 1. The Hall–Kier alpha value is -1.27. The maximum absolute atomic E-state index is 5.64. The quantitative estimate of drug-likeness (QED) is 0.810. The standard InChI is InChI=1S/C13H21N5S/c1-8-7-18(3)5-4-10(8)16-13-15-9(2)6-11(17-13)12(14)19/h6,8,10H,4-5,7H2,1-3H3,(H2,14,19)(H,15,16,17). The van der Waals surface area contributed by atoms with Crippen molar-refractivity contribution in [3.8, 4) is 0 Å². The second-order valence-corrected chi connectivity index (χ2v) is 5.80. The molecule has 0 saturated carbocycles. The summed E-state index contributed by atoms with van der Waals surface area (Å²) in [7, 11) is 2.15. The van der Waals surface area contributed by atoms with Gasteiger partial charge in [-0.1, -0.05) is 19.1 Å². The molecule has 1 aromatic rings. The van der Waals surface area contributed by atoms with Gasteiger partial charge in [-0.05, 0) is 38.9 Å². The van der Waals surface area contributed by atoms with Crippen LogP contribution in [0.25, 0.3) is 0 Å². The predicted molar refractivity (Wildman–Crippen MR) is 81.3 cm³/mol. The number of piperidine rings is 1. The fourth-order valence-electron chi connectivity index (χ4n) is 2.49. The molecule has 1 fully saturated rings. The minimum absolute atomic E-state index is 0.310. The van der Waals surface area contributed by atoms with E-state index in [0.717, 1.165) is 25.2 Å². The zero-order chi connectivity index (χ0) is 14.0. The molecule has 0 radical (unpaired) electrons. The van der Waals surface area contributed by atoms with E-state index in [-0.39, 0.29) is 0 Å². The number of nitrogens with two attached hydrogens (primary N) is 1. The van der Waals surface area contributed by atoms with E-state index >= 15 is 0 Å². The van der Waals surface area contributed by atoms with E-state index in [9.17, 15) is 0 Å². The summed E-state index contributed by atoms with van der Waals surface area (Å²) >= 11 is 4.98. The Kier molecular flexibility index (Phi) is 4.31. The Balaban J connectivity index is 2.12. The topological polar surface area (TPSA) is 67.1 Å². The summed E-state index contributed by atoms with van der Waals surface area (Å²) in [5.41, 5.74) is 7.14. The van der Waals surface area contributed by atoms with Crippen molar-refractivity contribution < 1.29 is 0 Å². The van der Waals surface area contributed by atoms with E-state index < -0.39 is 0 Å². The molecule has 0 spiro atoms. The molecule has 0 aliphatic carbocycles. The van der Waals surface area contributed by atoms with Crippen LogP contribution in [0.4, 0.5) is 5.95 Å². The van der Waals surface area contributed by atoms with Crippen molar-refractivity contribution >= 4 is 23.2 Å². The van der Waals surface area contributed by atoms with Gasteiger partial charge in [0.15, 0.2) is 0 Å². The summed E-state index contributed by atoms with van der Waals surface area (Å²) < 4.78 is 0. The van der Waals surface area contributed by atoms with Crippen molar-refractivity contribution in [3.63, 3.8) is 0 Å². The van der Waals surface area contributed by atoms with Crippen LogP contribution < -0.4 is 11.1 Å². The number of hydrogen-bond donors (Lipinski definition) is 2. The largest absolute Gasteiger partial charge is 0.388 e. The minimum Gasteiger partial charge on any atom is -0.388 e. The molecule has 2 heterocycles. The third-order valence-electron chi connectivity index (χ3n) is 3.53. The van der Waals surface area contributed by atoms with Crippen LogP contribution in [0.5, 0.6) is 0 Å². The van der Waals surface area contributed by atoms with Gasteiger partial charge >= 0.3 is 0 Å². The Labute approximate surface area is 119 Å². The molecule has 1 saturated heterocycles. The van der Waals surface area contributed by atoms with Gasteiger partial charge in [-0.25, -0.2) is 9.97 Å². The number of likely N-dealkylation sites (tertiary alicyclic amines) is 1. The Bertz CT molecular complexity index is 476. The summed E-state index contributed by atoms with van der Waals surface area (Å²) in [6.07, 6.45) is 1.09. The number of rotatable bonds is 3. The van der Waals surface area contributed by atoms with Crippen molar-refractivity contribution in [2.75, 3.05) is 25.5 Å². The minimum atomic E-state index is 0.310. The molecular formula is C13H21N5S. The van der Waals surface area contributed by atoms with Crippen molar-refractivity contribution in [1.82, 2.24) is 14.9 Å². The fourth-order valence-corrected chi connectivity index (χ4v) is 2.60. The summed E-state index contributed by atoms with van der Waals surface area (Å²) in [6.45, 7) is 6.35. The lowest BCUT2D eigenvalue weighted by Gasteiger charge is -2.35. The number of aryl methyl sites for hydroxylation is 1. The summed E-state index contributed by atoms with van der Waals surface area (Å²) in [5, 5.41) is 3.42. The third kappa shape index (κ3) is 3.61. The van der Waals surface area contributed by atoms with Gasteiger partial charge < -0.3 is 16.0 Å². The highest BCUT2D eigenvalue weighted by molar-refractivity contribution is 7.80. The molecular weight excluding hydrogens is 258 g/mol. The zero-order valence-electron chi connectivity index (χ0n) is 11.7. The fraction of sp³-hybridized carbons (Fsp3) is 0.615. The maximum atomic E-state index is 5.64. The van der Waals surface area contributed by atoms with Gasteiger partial charge in [0.25, 0.3) is 0 Å². The van der Waals surface area contributed by atoms with Gasteiger partial charge in [0.1, 0.15) is 10.7 Å². The Morgan fingerprint density at radius 2 is 2.26 bits per heavy atom. The van der Waals surface area contributed by atoms with Crippen molar-refractivity contribution in [3.05, 3.63) is 17.5 Å². The first-order chi connectivity index (χ1) is 8.95.